The molecule has 0 aliphatic carbocycles. The summed E-state index contributed by atoms with van der Waals surface area (Å²) in [5.74, 6) is 0.584. The van der Waals surface area contributed by atoms with Crippen LogP contribution in [0, 0.1) is 5.92 Å². The number of alkyl halides is 3. The first-order valence-corrected chi connectivity index (χ1v) is 7.44. The van der Waals surface area contributed by atoms with Gasteiger partial charge in [-0.05, 0) is 73.0 Å². The van der Waals surface area contributed by atoms with Crippen LogP contribution >= 0.6 is 15.9 Å². The molecule has 1 aliphatic rings. The van der Waals surface area contributed by atoms with Crippen molar-refractivity contribution in [1.29, 1.82) is 0 Å². The van der Waals surface area contributed by atoms with Crippen LogP contribution in [0.3, 0.4) is 0 Å². The molecule has 1 aliphatic heterocycles. The lowest BCUT2D eigenvalue weighted by molar-refractivity contribution is -0.137. The van der Waals surface area contributed by atoms with Gasteiger partial charge in [0.2, 0.25) is 0 Å². The fourth-order valence-corrected chi connectivity index (χ4v) is 2.87. The quantitative estimate of drug-likeness (QED) is 0.877. The van der Waals surface area contributed by atoms with E-state index in [1.54, 1.807) is 0 Å². The largest absolute Gasteiger partial charge is 0.416 e. The summed E-state index contributed by atoms with van der Waals surface area (Å²) in [6.45, 7) is 2.97. The number of hydrogen-bond acceptors (Lipinski definition) is 2. The lowest BCUT2D eigenvalue weighted by atomic mass is 9.97. The Hall–Kier alpha value is -0.750. The number of hydrogen-bond donors (Lipinski definition) is 1. The third kappa shape index (κ3) is 4.12. The first-order chi connectivity index (χ1) is 9.36. The fourth-order valence-electron chi connectivity index (χ4n) is 2.36. The average Bonchev–Trinajstić information content (AvgIpc) is 2.38. The standard InChI is InChI=1S/C14H18BrF3N2/c1-20-6-4-10(5-7-20)9-19-13-3-2-11(8-12(13)15)14(16,17)18/h2-3,8,10,19H,4-7,9H2,1H3. The second-order valence-electron chi connectivity index (χ2n) is 5.32. The van der Waals surface area contributed by atoms with Crippen LogP contribution in [0.25, 0.3) is 0 Å². The van der Waals surface area contributed by atoms with Gasteiger partial charge in [-0.1, -0.05) is 0 Å². The van der Waals surface area contributed by atoms with Crippen molar-refractivity contribution in [3.8, 4) is 0 Å². The van der Waals surface area contributed by atoms with Crippen molar-refractivity contribution in [3.05, 3.63) is 28.2 Å². The van der Waals surface area contributed by atoms with Gasteiger partial charge in [0.05, 0.1) is 5.56 Å². The molecule has 112 valence electrons. The number of anilines is 1. The first kappa shape index (κ1) is 15.6. The van der Waals surface area contributed by atoms with E-state index in [2.05, 4.69) is 33.2 Å². The highest BCUT2D eigenvalue weighted by molar-refractivity contribution is 9.10. The molecule has 1 N–H and O–H groups in total. The minimum Gasteiger partial charge on any atom is -0.384 e. The van der Waals surface area contributed by atoms with Gasteiger partial charge in [0.15, 0.2) is 0 Å². The van der Waals surface area contributed by atoms with Gasteiger partial charge in [0.25, 0.3) is 0 Å². The summed E-state index contributed by atoms with van der Waals surface area (Å²) in [6, 6.07) is 3.72. The van der Waals surface area contributed by atoms with E-state index in [9.17, 15) is 13.2 Å². The summed E-state index contributed by atoms with van der Waals surface area (Å²) in [5.41, 5.74) is 0.0890. The summed E-state index contributed by atoms with van der Waals surface area (Å²) < 4.78 is 38.2. The van der Waals surface area contributed by atoms with Crippen molar-refractivity contribution >= 4 is 21.6 Å². The molecule has 1 saturated heterocycles. The molecular weight excluding hydrogens is 333 g/mol. The van der Waals surface area contributed by atoms with Crippen LogP contribution in [-0.4, -0.2) is 31.6 Å². The number of halogens is 4. The molecule has 0 saturated carbocycles. The van der Waals surface area contributed by atoms with Gasteiger partial charge in [-0.2, -0.15) is 13.2 Å². The predicted molar refractivity (Wildman–Crippen MR) is 77.9 cm³/mol. The number of likely N-dealkylation sites (tertiary alicyclic amines) is 1. The molecule has 0 atom stereocenters. The maximum absolute atomic E-state index is 12.6. The topological polar surface area (TPSA) is 15.3 Å². The Morgan fingerprint density at radius 3 is 2.50 bits per heavy atom. The molecule has 2 nitrogen and oxygen atoms in total. The van der Waals surface area contributed by atoms with Gasteiger partial charge in [0, 0.05) is 16.7 Å². The number of piperidine rings is 1. The van der Waals surface area contributed by atoms with Crippen molar-refractivity contribution in [1.82, 2.24) is 4.90 Å². The Bertz CT molecular complexity index is 454. The van der Waals surface area contributed by atoms with E-state index >= 15 is 0 Å². The molecule has 0 spiro atoms. The highest BCUT2D eigenvalue weighted by Crippen LogP contribution is 2.34. The minimum absolute atomic E-state index is 0.459. The molecule has 20 heavy (non-hydrogen) atoms. The average molecular weight is 351 g/mol. The second kappa shape index (κ2) is 6.35. The van der Waals surface area contributed by atoms with Gasteiger partial charge in [-0.25, -0.2) is 0 Å². The van der Waals surface area contributed by atoms with E-state index < -0.39 is 11.7 Å². The zero-order valence-corrected chi connectivity index (χ0v) is 12.9. The Balaban J connectivity index is 1.93. The van der Waals surface area contributed by atoms with Crippen LogP contribution in [0.2, 0.25) is 0 Å². The van der Waals surface area contributed by atoms with Gasteiger partial charge < -0.3 is 10.2 Å². The van der Waals surface area contributed by atoms with Crippen LogP contribution in [0.5, 0.6) is 0 Å². The molecule has 1 fully saturated rings. The molecule has 1 heterocycles. The Labute approximate surface area is 125 Å². The number of benzene rings is 1. The summed E-state index contributed by atoms with van der Waals surface area (Å²) in [5, 5.41) is 3.24. The molecule has 1 aromatic carbocycles. The lowest BCUT2D eigenvalue weighted by Crippen LogP contribution is -2.33. The second-order valence-corrected chi connectivity index (χ2v) is 6.17. The summed E-state index contributed by atoms with van der Waals surface area (Å²) in [7, 11) is 2.11. The van der Waals surface area contributed by atoms with E-state index in [-0.39, 0.29) is 0 Å². The lowest BCUT2D eigenvalue weighted by Gasteiger charge is -2.29. The SMILES string of the molecule is CN1CCC(CNc2ccc(C(F)(F)F)cc2Br)CC1. The molecule has 0 amide bonds. The highest BCUT2D eigenvalue weighted by Gasteiger charge is 2.30. The molecular formula is C14H18BrF3N2. The van der Waals surface area contributed by atoms with Crippen molar-refractivity contribution in [3.63, 3.8) is 0 Å². The van der Waals surface area contributed by atoms with E-state index in [1.165, 1.54) is 6.07 Å². The Morgan fingerprint density at radius 2 is 1.95 bits per heavy atom. The van der Waals surface area contributed by atoms with E-state index in [1.807, 2.05) is 0 Å². The zero-order chi connectivity index (χ0) is 14.8. The van der Waals surface area contributed by atoms with Crippen molar-refractivity contribution < 1.29 is 13.2 Å². The molecule has 1 aromatic rings. The van der Waals surface area contributed by atoms with Crippen LogP contribution in [-0.2, 0) is 6.18 Å². The van der Waals surface area contributed by atoms with E-state index in [0.29, 0.717) is 10.4 Å². The van der Waals surface area contributed by atoms with Gasteiger partial charge in [-0.3, -0.25) is 0 Å². The molecule has 0 unspecified atom stereocenters. The van der Waals surface area contributed by atoms with Crippen LogP contribution in [0.1, 0.15) is 18.4 Å². The molecule has 0 aromatic heterocycles. The van der Waals surface area contributed by atoms with Crippen molar-refractivity contribution in [2.24, 2.45) is 5.92 Å². The van der Waals surface area contributed by atoms with Crippen LogP contribution < -0.4 is 5.32 Å². The number of nitrogens with one attached hydrogen (secondary N) is 1. The van der Waals surface area contributed by atoms with Crippen LogP contribution in [0.15, 0.2) is 22.7 Å². The third-order valence-electron chi connectivity index (χ3n) is 3.72. The van der Waals surface area contributed by atoms with Crippen molar-refractivity contribution in [2.45, 2.75) is 19.0 Å². The zero-order valence-electron chi connectivity index (χ0n) is 11.3. The Morgan fingerprint density at radius 1 is 1.30 bits per heavy atom. The highest BCUT2D eigenvalue weighted by atomic mass is 79.9. The Kier molecular flexibility index (Phi) is 4.96. The maximum atomic E-state index is 12.6. The first-order valence-electron chi connectivity index (χ1n) is 6.65. The monoisotopic (exact) mass is 350 g/mol. The summed E-state index contributed by atoms with van der Waals surface area (Å²) in [4.78, 5) is 2.30. The predicted octanol–water partition coefficient (Wildman–Crippen LogP) is 4.22. The normalized spacial score (nSPS) is 18.2. The summed E-state index contributed by atoms with van der Waals surface area (Å²) >= 11 is 3.20. The molecule has 2 rings (SSSR count). The van der Waals surface area contributed by atoms with Gasteiger partial charge >= 0.3 is 6.18 Å². The maximum Gasteiger partial charge on any atom is 0.416 e. The van der Waals surface area contributed by atoms with Gasteiger partial charge in [-0.15, -0.1) is 0 Å². The molecule has 0 radical (unpaired) electrons. The van der Waals surface area contributed by atoms with E-state index in [0.717, 1.165) is 50.3 Å². The minimum atomic E-state index is -4.30. The smallest absolute Gasteiger partial charge is 0.384 e. The molecule has 0 bridgehead atoms. The van der Waals surface area contributed by atoms with Crippen molar-refractivity contribution in [2.75, 3.05) is 32.0 Å². The number of nitrogens with zero attached hydrogens (tertiary/aromatic N) is 1. The summed E-state index contributed by atoms with van der Waals surface area (Å²) in [6.07, 6.45) is -2.04. The third-order valence-corrected chi connectivity index (χ3v) is 4.37. The van der Waals surface area contributed by atoms with E-state index in [4.69, 9.17) is 0 Å². The number of rotatable bonds is 3. The van der Waals surface area contributed by atoms with Gasteiger partial charge in [0.1, 0.15) is 0 Å². The fraction of sp³-hybridized carbons (Fsp3) is 0.571. The molecule has 6 heteroatoms. The van der Waals surface area contributed by atoms with Crippen LogP contribution in [0.4, 0.5) is 18.9 Å².